The van der Waals surface area contributed by atoms with Crippen molar-refractivity contribution in [3.05, 3.63) is 52.4 Å². The molecule has 0 radical (unpaired) electrons. The molecule has 1 aromatic heterocycles. The summed E-state index contributed by atoms with van der Waals surface area (Å²) in [5, 5.41) is 12.9. The molecule has 1 heterocycles. The number of nitrogens with zero attached hydrogens (tertiary/aromatic N) is 3. The Balaban J connectivity index is 2.09. The molecule has 0 fully saturated rings. The molecule has 1 amide bonds. The molecular formula is C18H19N3O6S. The average Bonchev–Trinajstić information content (AvgIpc) is 3.18. The molecule has 0 saturated carbocycles. The molecule has 148 valence electrons. The molecule has 0 aliphatic rings. The van der Waals surface area contributed by atoms with Gasteiger partial charge in [0.2, 0.25) is 0 Å². The van der Waals surface area contributed by atoms with Gasteiger partial charge in [0, 0.05) is 36.2 Å². The maximum atomic E-state index is 12.4. The lowest BCUT2D eigenvalue weighted by Crippen LogP contribution is -2.35. The third-order valence-electron chi connectivity index (χ3n) is 3.49. The van der Waals surface area contributed by atoms with Gasteiger partial charge in [-0.25, -0.2) is 9.78 Å². The number of rotatable bonds is 10. The van der Waals surface area contributed by atoms with E-state index >= 15 is 0 Å². The topological polar surface area (TPSA) is 112 Å². The van der Waals surface area contributed by atoms with Crippen LogP contribution in [-0.2, 0) is 19.1 Å². The zero-order chi connectivity index (χ0) is 20.5. The number of nitro benzene ring substituents is 1. The van der Waals surface area contributed by atoms with Crippen molar-refractivity contribution in [1.82, 2.24) is 4.98 Å². The van der Waals surface area contributed by atoms with Gasteiger partial charge >= 0.3 is 5.97 Å². The van der Waals surface area contributed by atoms with Gasteiger partial charge < -0.3 is 9.47 Å². The predicted molar refractivity (Wildman–Crippen MR) is 104 cm³/mol. The van der Waals surface area contributed by atoms with Crippen LogP contribution in [0.2, 0.25) is 0 Å². The van der Waals surface area contributed by atoms with E-state index in [1.807, 2.05) is 0 Å². The highest BCUT2D eigenvalue weighted by molar-refractivity contribution is 7.14. The minimum atomic E-state index is -0.625. The molecule has 0 saturated heterocycles. The first-order valence-corrected chi connectivity index (χ1v) is 9.19. The third-order valence-corrected chi connectivity index (χ3v) is 4.35. The lowest BCUT2D eigenvalue weighted by Gasteiger charge is -2.17. The number of ether oxygens (including phenoxy) is 2. The first-order valence-electron chi connectivity index (χ1n) is 8.31. The van der Waals surface area contributed by atoms with E-state index in [2.05, 4.69) is 11.6 Å². The Hall–Kier alpha value is -3.11. The first-order chi connectivity index (χ1) is 13.5. The SMILES string of the molecule is C=CCN(C(=O)COC(=O)COCC)c1nc(-c2ccc([N+](=O)[O-])cc2)cs1. The summed E-state index contributed by atoms with van der Waals surface area (Å²) < 4.78 is 9.83. The van der Waals surface area contributed by atoms with Gasteiger partial charge in [0.05, 0.1) is 10.6 Å². The smallest absolute Gasteiger partial charge is 0.332 e. The second-order valence-corrected chi connectivity index (χ2v) is 6.25. The van der Waals surface area contributed by atoms with E-state index in [0.717, 1.165) is 0 Å². The van der Waals surface area contributed by atoms with Crippen molar-refractivity contribution >= 4 is 34.0 Å². The maximum Gasteiger partial charge on any atom is 0.332 e. The molecule has 0 N–H and O–H groups in total. The summed E-state index contributed by atoms with van der Waals surface area (Å²) in [7, 11) is 0. The molecule has 1 aromatic carbocycles. The Labute approximate surface area is 165 Å². The molecule has 0 aliphatic heterocycles. The van der Waals surface area contributed by atoms with Crippen LogP contribution in [0.15, 0.2) is 42.3 Å². The second kappa shape index (κ2) is 10.3. The van der Waals surface area contributed by atoms with Gasteiger partial charge in [-0.1, -0.05) is 6.08 Å². The molecular weight excluding hydrogens is 386 g/mol. The Bertz CT molecular complexity index is 849. The summed E-state index contributed by atoms with van der Waals surface area (Å²) in [6.07, 6.45) is 1.53. The maximum absolute atomic E-state index is 12.4. The average molecular weight is 405 g/mol. The second-order valence-electron chi connectivity index (χ2n) is 5.41. The van der Waals surface area contributed by atoms with E-state index in [0.29, 0.717) is 23.0 Å². The van der Waals surface area contributed by atoms with Crippen LogP contribution >= 0.6 is 11.3 Å². The van der Waals surface area contributed by atoms with Gasteiger partial charge in [-0.3, -0.25) is 19.8 Å². The van der Waals surface area contributed by atoms with E-state index in [1.165, 1.54) is 34.4 Å². The molecule has 0 atom stereocenters. The summed E-state index contributed by atoms with van der Waals surface area (Å²) >= 11 is 1.23. The van der Waals surface area contributed by atoms with Crippen LogP contribution in [0.25, 0.3) is 11.3 Å². The van der Waals surface area contributed by atoms with Crippen LogP contribution in [0, 0.1) is 10.1 Å². The number of anilines is 1. The summed E-state index contributed by atoms with van der Waals surface area (Å²) in [4.78, 5) is 40.0. The largest absolute Gasteiger partial charge is 0.454 e. The number of aromatic nitrogens is 1. The van der Waals surface area contributed by atoms with E-state index in [-0.39, 0.29) is 18.8 Å². The summed E-state index contributed by atoms with van der Waals surface area (Å²) in [5.41, 5.74) is 1.24. The van der Waals surface area contributed by atoms with Crippen molar-refractivity contribution in [2.45, 2.75) is 6.92 Å². The minimum Gasteiger partial charge on any atom is -0.454 e. The zero-order valence-electron chi connectivity index (χ0n) is 15.2. The van der Waals surface area contributed by atoms with E-state index in [4.69, 9.17) is 9.47 Å². The van der Waals surface area contributed by atoms with Crippen molar-refractivity contribution in [3.8, 4) is 11.3 Å². The van der Waals surface area contributed by atoms with E-state index in [1.54, 1.807) is 24.4 Å². The van der Waals surface area contributed by atoms with Gasteiger partial charge in [-0.15, -0.1) is 17.9 Å². The van der Waals surface area contributed by atoms with Crippen LogP contribution in [0.1, 0.15) is 6.92 Å². The molecule has 28 heavy (non-hydrogen) atoms. The van der Waals surface area contributed by atoms with Gasteiger partial charge in [0.25, 0.3) is 11.6 Å². The molecule has 10 heteroatoms. The number of hydrogen-bond donors (Lipinski definition) is 0. The van der Waals surface area contributed by atoms with Crippen LogP contribution in [-0.4, -0.2) is 48.1 Å². The third kappa shape index (κ3) is 5.69. The van der Waals surface area contributed by atoms with Crippen LogP contribution in [0.3, 0.4) is 0 Å². The number of amides is 1. The lowest BCUT2D eigenvalue weighted by atomic mass is 10.1. The molecule has 2 rings (SSSR count). The van der Waals surface area contributed by atoms with Crippen LogP contribution < -0.4 is 4.90 Å². The zero-order valence-corrected chi connectivity index (χ0v) is 16.0. The highest BCUT2D eigenvalue weighted by atomic mass is 32.1. The molecule has 0 bridgehead atoms. The minimum absolute atomic E-state index is 0.0171. The van der Waals surface area contributed by atoms with E-state index < -0.39 is 23.4 Å². The molecule has 2 aromatic rings. The number of thiazole rings is 1. The number of nitro groups is 1. The number of hydrogen-bond acceptors (Lipinski definition) is 8. The predicted octanol–water partition coefficient (Wildman–Crippen LogP) is 2.82. The van der Waals surface area contributed by atoms with Crippen molar-refractivity contribution in [1.29, 1.82) is 0 Å². The first kappa shape index (κ1) is 21.2. The number of carbonyl (C=O) groups is 2. The summed E-state index contributed by atoms with van der Waals surface area (Å²) in [5.74, 6) is -1.08. The highest BCUT2D eigenvalue weighted by Gasteiger charge is 2.20. The van der Waals surface area contributed by atoms with Gasteiger partial charge in [-0.2, -0.15) is 0 Å². The fourth-order valence-electron chi connectivity index (χ4n) is 2.14. The van der Waals surface area contributed by atoms with Gasteiger partial charge in [0.1, 0.15) is 6.61 Å². The normalized spacial score (nSPS) is 10.3. The lowest BCUT2D eigenvalue weighted by molar-refractivity contribution is -0.384. The molecule has 0 unspecified atom stereocenters. The Morgan fingerprint density at radius 3 is 2.64 bits per heavy atom. The Morgan fingerprint density at radius 2 is 2.04 bits per heavy atom. The Kier molecular flexibility index (Phi) is 7.78. The number of carbonyl (C=O) groups excluding carboxylic acids is 2. The van der Waals surface area contributed by atoms with Crippen molar-refractivity contribution in [2.24, 2.45) is 0 Å². The number of benzene rings is 1. The monoisotopic (exact) mass is 405 g/mol. The molecule has 9 nitrogen and oxygen atoms in total. The van der Waals surface area contributed by atoms with Gasteiger partial charge in [-0.05, 0) is 19.1 Å². The Morgan fingerprint density at radius 1 is 1.32 bits per heavy atom. The number of esters is 1. The summed E-state index contributed by atoms with van der Waals surface area (Å²) in [6.45, 7) is 5.28. The fraction of sp³-hybridized carbons (Fsp3) is 0.278. The quantitative estimate of drug-likeness (QED) is 0.258. The van der Waals surface area contributed by atoms with Crippen molar-refractivity contribution < 1.29 is 24.0 Å². The molecule has 0 aliphatic carbocycles. The molecule has 0 spiro atoms. The van der Waals surface area contributed by atoms with Crippen LogP contribution in [0.5, 0.6) is 0 Å². The number of non-ortho nitro benzene ring substituents is 1. The standard InChI is InChI=1S/C18H19N3O6S/c1-3-9-20(16(22)10-27-17(23)11-26-4-2)18-19-15(12-28-18)13-5-7-14(8-6-13)21(24)25/h3,5-8,12H,1,4,9-11H2,2H3. The van der Waals surface area contributed by atoms with Crippen molar-refractivity contribution in [3.63, 3.8) is 0 Å². The summed E-state index contributed by atoms with van der Waals surface area (Å²) in [6, 6.07) is 5.95. The van der Waals surface area contributed by atoms with Crippen molar-refractivity contribution in [2.75, 3.05) is 31.3 Å². The highest BCUT2D eigenvalue weighted by Crippen LogP contribution is 2.28. The van der Waals surface area contributed by atoms with Crippen LogP contribution in [0.4, 0.5) is 10.8 Å². The van der Waals surface area contributed by atoms with E-state index in [9.17, 15) is 19.7 Å². The van der Waals surface area contributed by atoms with Gasteiger partial charge in [0.15, 0.2) is 11.7 Å². The fourth-order valence-corrected chi connectivity index (χ4v) is 3.00.